The van der Waals surface area contributed by atoms with Crippen LogP contribution in [0.4, 0.5) is 20.5 Å². The maximum atomic E-state index is 12.9. The third kappa shape index (κ3) is 4.90. The molecule has 12 heteroatoms. The van der Waals surface area contributed by atoms with Gasteiger partial charge in [0.15, 0.2) is 5.82 Å². The summed E-state index contributed by atoms with van der Waals surface area (Å²) in [6, 6.07) is 1.61. The van der Waals surface area contributed by atoms with E-state index in [1.54, 1.807) is 13.0 Å². The minimum atomic E-state index is -2.59. The number of rotatable bonds is 8. The monoisotopic (exact) mass is 406 g/mol. The van der Waals surface area contributed by atoms with E-state index < -0.39 is 19.1 Å². The van der Waals surface area contributed by atoms with Gasteiger partial charge in [0.1, 0.15) is 17.9 Å². The minimum absolute atomic E-state index is 0.0939. The molecule has 0 bridgehead atoms. The molecule has 0 aliphatic heterocycles. The number of nitrogens with zero attached hydrogens (tertiary/aromatic N) is 6. The van der Waals surface area contributed by atoms with Crippen molar-refractivity contribution in [3.05, 3.63) is 24.7 Å². The summed E-state index contributed by atoms with van der Waals surface area (Å²) in [5, 5.41) is 16.5. The lowest BCUT2D eigenvalue weighted by atomic mass is 10.1. The zero-order valence-electron chi connectivity index (χ0n) is 15.8. The number of nitrogens with two attached hydrogens (primary N) is 1. The molecule has 3 heterocycles. The van der Waals surface area contributed by atoms with Gasteiger partial charge < -0.3 is 20.9 Å². The molecule has 0 saturated heterocycles. The maximum Gasteiger partial charge on any atom is 0.257 e. The summed E-state index contributed by atoms with van der Waals surface area (Å²) in [6.07, 6.45) is 1.16. The normalized spacial score (nSPS) is 12.2. The molecule has 0 aromatic carbocycles. The summed E-state index contributed by atoms with van der Waals surface area (Å²) in [4.78, 5) is 16.7. The Morgan fingerprint density at radius 3 is 2.76 bits per heavy atom. The molecular weight excluding hydrogens is 386 g/mol. The van der Waals surface area contributed by atoms with Crippen LogP contribution in [0, 0.1) is 0 Å². The quantitative estimate of drug-likeness (QED) is 0.507. The van der Waals surface area contributed by atoms with Crippen molar-refractivity contribution in [1.82, 2.24) is 29.7 Å². The summed E-state index contributed by atoms with van der Waals surface area (Å²) >= 11 is 0. The second kappa shape index (κ2) is 8.73. The average Bonchev–Trinajstić information content (AvgIpc) is 3.10. The van der Waals surface area contributed by atoms with E-state index in [9.17, 15) is 13.9 Å². The molecule has 0 saturated carbocycles. The fourth-order valence-corrected chi connectivity index (χ4v) is 2.51. The summed E-state index contributed by atoms with van der Waals surface area (Å²) < 4.78 is 32.0. The van der Waals surface area contributed by atoms with Gasteiger partial charge in [-0.1, -0.05) is 0 Å². The van der Waals surface area contributed by atoms with Gasteiger partial charge in [-0.15, -0.1) is 0 Å². The van der Waals surface area contributed by atoms with Crippen LogP contribution >= 0.6 is 0 Å². The van der Waals surface area contributed by atoms with E-state index in [0.717, 1.165) is 4.68 Å². The summed E-state index contributed by atoms with van der Waals surface area (Å²) in [5.41, 5.74) is 7.16. The van der Waals surface area contributed by atoms with Crippen LogP contribution in [-0.4, -0.2) is 61.0 Å². The molecule has 29 heavy (non-hydrogen) atoms. The molecule has 3 rings (SSSR count). The van der Waals surface area contributed by atoms with Crippen LogP contribution in [0.1, 0.15) is 6.92 Å². The van der Waals surface area contributed by atoms with Gasteiger partial charge in [0.2, 0.25) is 5.95 Å². The van der Waals surface area contributed by atoms with Gasteiger partial charge in [0.25, 0.3) is 12.3 Å². The number of anilines is 2. The molecule has 0 fully saturated rings. The SMILES string of the molecule is COc1nc(-c2nn(CC(F)F)cc2-c2ccnc(NC[C@H](C)O)n2)cnc1N. The lowest BCUT2D eigenvalue weighted by molar-refractivity contribution is 0.122. The van der Waals surface area contributed by atoms with Crippen molar-refractivity contribution in [3.63, 3.8) is 0 Å². The first-order chi connectivity index (χ1) is 13.9. The molecule has 4 N–H and O–H groups in total. The number of ether oxygens (including phenoxy) is 1. The summed E-state index contributed by atoms with van der Waals surface area (Å²) in [7, 11) is 1.39. The van der Waals surface area contributed by atoms with Crippen molar-refractivity contribution in [2.75, 3.05) is 24.7 Å². The van der Waals surface area contributed by atoms with Crippen molar-refractivity contribution in [2.24, 2.45) is 0 Å². The van der Waals surface area contributed by atoms with Crippen LogP contribution in [0.2, 0.25) is 0 Å². The van der Waals surface area contributed by atoms with Crippen LogP contribution in [-0.2, 0) is 6.54 Å². The summed E-state index contributed by atoms with van der Waals surface area (Å²) in [5.74, 6) is 0.465. The van der Waals surface area contributed by atoms with E-state index in [2.05, 4.69) is 30.4 Å². The highest BCUT2D eigenvalue weighted by molar-refractivity contribution is 5.77. The number of aromatic nitrogens is 6. The van der Waals surface area contributed by atoms with Crippen molar-refractivity contribution >= 4 is 11.8 Å². The van der Waals surface area contributed by atoms with Crippen molar-refractivity contribution in [1.29, 1.82) is 0 Å². The molecular formula is C17H20F2N8O2. The number of nitrogens with one attached hydrogen (secondary N) is 1. The molecule has 3 aromatic rings. The van der Waals surface area contributed by atoms with Crippen LogP contribution in [0.5, 0.6) is 5.88 Å². The molecule has 0 radical (unpaired) electrons. The second-order valence-electron chi connectivity index (χ2n) is 6.15. The Labute approximate surface area is 164 Å². The Hall–Kier alpha value is -3.41. The van der Waals surface area contributed by atoms with Crippen LogP contribution in [0.3, 0.4) is 0 Å². The van der Waals surface area contributed by atoms with Crippen LogP contribution in [0.25, 0.3) is 22.6 Å². The Kier molecular flexibility index (Phi) is 6.12. The molecule has 0 aliphatic rings. The minimum Gasteiger partial charge on any atom is -0.478 e. The first kappa shape index (κ1) is 20.3. The fourth-order valence-electron chi connectivity index (χ4n) is 2.51. The lowest BCUT2D eigenvalue weighted by Gasteiger charge is -2.08. The zero-order valence-corrected chi connectivity index (χ0v) is 15.8. The molecule has 0 amide bonds. The molecule has 154 valence electrons. The lowest BCUT2D eigenvalue weighted by Crippen LogP contribution is -2.16. The number of nitrogen functional groups attached to an aromatic ring is 1. The second-order valence-corrected chi connectivity index (χ2v) is 6.15. The Morgan fingerprint density at radius 1 is 1.28 bits per heavy atom. The molecule has 10 nitrogen and oxygen atoms in total. The average molecular weight is 406 g/mol. The first-order valence-corrected chi connectivity index (χ1v) is 8.65. The molecule has 1 atom stereocenters. The maximum absolute atomic E-state index is 12.9. The van der Waals surface area contributed by atoms with E-state index in [-0.39, 0.29) is 35.6 Å². The van der Waals surface area contributed by atoms with E-state index in [0.29, 0.717) is 11.3 Å². The Morgan fingerprint density at radius 2 is 2.07 bits per heavy atom. The third-order valence-electron chi connectivity index (χ3n) is 3.78. The smallest absolute Gasteiger partial charge is 0.257 e. The van der Waals surface area contributed by atoms with Crippen molar-refractivity contribution in [3.8, 4) is 28.5 Å². The van der Waals surface area contributed by atoms with Gasteiger partial charge >= 0.3 is 0 Å². The highest BCUT2D eigenvalue weighted by Crippen LogP contribution is 2.31. The van der Waals surface area contributed by atoms with E-state index in [4.69, 9.17) is 10.5 Å². The number of aliphatic hydroxyl groups is 1. The van der Waals surface area contributed by atoms with E-state index in [1.165, 1.54) is 25.7 Å². The van der Waals surface area contributed by atoms with Crippen molar-refractivity contribution in [2.45, 2.75) is 26.0 Å². The zero-order chi connectivity index (χ0) is 21.0. The van der Waals surface area contributed by atoms with Crippen LogP contribution in [0.15, 0.2) is 24.7 Å². The number of alkyl halides is 2. The number of halogens is 2. The predicted molar refractivity (Wildman–Crippen MR) is 101 cm³/mol. The highest BCUT2D eigenvalue weighted by Gasteiger charge is 2.19. The molecule has 0 aliphatic carbocycles. The topological polar surface area (TPSA) is 137 Å². The van der Waals surface area contributed by atoms with Gasteiger partial charge in [0.05, 0.1) is 25.1 Å². The fraction of sp³-hybridized carbons (Fsp3) is 0.353. The van der Waals surface area contributed by atoms with E-state index >= 15 is 0 Å². The van der Waals surface area contributed by atoms with Gasteiger partial charge in [-0.25, -0.2) is 28.7 Å². The van der Waals surface area contributed by atoms with E-state index in [1.807, 2.05) is 0 Å². The third-order valence-corrected chi connectivity index (χ3v) is 3.78. The molecule has 3 aromatic heterocycles. The number of hydrogen-bond donors (Lipinski definition) is 3. The molecule has 0 spiro atoms. The van der Waals surface area contributed by atoms with Crippen molar-refractivity contribution < 1.29 is 18.6 Å². The predicted octanol–water partition coefficient (Wildman–Crippen LogP) is 1.45. The number of methoxy groups -OCH3 is 1. The highest BCUT2D eigenvalue weighted by atomic mass is 19.3. The number of hydrogen-bond acceptors (Lipinski definition) is 9. The van der Waals surface area contributed by atoms with Gasteiger partial charge in [-0.05, 0) is 13.0 Å². The number of aliphatic hydroxyl groups excluding tert-OH is 1. The molecule has 0 unspecified atom stereocenters. The standard InChI is InChI=1S/C17H20F2N8O2/c1-9(28)5-23-17-21-4-3-11(25-17)10-7-27(8-13(18)19)26-14(10)12-6-22-15(20)16(24-12)29-2/h3-4,6-7,9,13,28H,5,8H2,1-2H3,(H2,20,22)(H,21,23,25)/t9-/m0/s1. The largest absolute Gasteiger partial charge is 0.478 e. The van der Waals surface area contributed by atoms with Gasteiger partial charge in [-0.3, -0.25) is 4.68 Å². The van der Waals surface area contributed by atoms with Crippen LogP contribution < -0.4 is 15.8 Å². The Balaban J connectivity index is 2.06. The van der Waals surface area contributed by atoms with Gasteiger partial charge in [-0.2, -0.15) is 5.10 Å². The Bertz CT molecular complexity index is 980. The first-order valence-electron chi connectivity index (χ1n) is 8.65. The summed E-state index contributed by atoms with van der Waals surface area (Å²) in [6.45, 7) is 1.28. The van der Waals surface area contributed by atoms with Gasteiger partial charge in [0, 0.05) is 24.5 Å².